The molecule has 1 saturated heterocycles. The van der Waals surface area contributed by atoms with Crippen molar-refractivity contribution in [1.82, 2.24) is 14.7 Å². The van der Waals surface area contributed by atoms with Crippen molar-refractivity contribution in [3.63, 3.8) is 0 Å². The van der Waals surface area contributed by atoms with E-state index in [2.05, 4.69) is 16.2 Å². The average molecular weight is 237 g/mol. The molecule has 1 aliphatic heterocycles. The number of aromatic nitrogens is 2. The Morgan fingerprint density at radius 1 is 1.59 bits per heavy atom. The second kappa shape index (κ2) is 5.65. The zero-order valence-electron chi connectivity index (χ0n) is 10.8. The Morgan fingerprint density at radius 3 is 3.00 bits per heavy atom. The summed E-state index contributed by atoms with van der Waals surface area (Å²) in [5, 5.41) is 13.7. The molecule has 0 bridgehead atoms. The predicted octanol–water partition coefficient (Wildman–Crippen LogP) is 1.06. The first-order chi connectivity index (χ1) is 8.15. The van der Waals surface area contributed by atoms with Crippen LogP contribution in [0.25, 0.3) is 0 Å². The Balaban J connectivity index is 1.66. The van der Waals surface area contributed by atoms with E-state index in [0.29, 0.717) is 5.92 Å². The molecule has 1 fully saturated rings. The molecule has 2 unspecified atom stereocenters. The molecule has 0 spiro atoms. The van der Waals surface area contributed by atoms with Gasteiger partial charge in [-0.1, -0.05) is 0 Å². The van der Waals surface area contributed by atoms with Gasteiger partial charge in [-0.15, -0.1) is 0 Å². The molecule has 96 valence electrons. The predicted molar refractivity (Wildman–Crippen MR) is 67.8 cm³/mol. The van der Waals surface area contributed by atoms with Gasteiger partial charge in [-0.2, -0.15) is 5.10 Å². The van der Waals surface area contributed by atoms with Gasteiger partial charge in [-0.25, -0.2) is 0 Å². The highest BCUT2D eigenvalue weighted by Crippen LogP contribution is 2.19. The van der Waals surface area contributed by atoms with E-state index in [1.165, 1.54) is 12.0 Å². The highest BCUT2D eigenvalue weighted by atomic mass is 16.3. The van der Waals surface area contributed by atoms with Gasteiger partial charge in [0.15, 0.2) is 0 Å². The quantitative estimate of drug-likeness (QED) is 0.832. The number of likely N-dealkylation sites (tertiary alicyclic amines) is 1. The zero-order chi connectivity index (χ0) is 12.3. The van der Waals surface area contributed by atoms with Crippen LogP contribution in [0.4, 0.5) is 0 Å². The van der Waals surface area contributed by atoms with Gasteiger partial charge in [0.25, 0.3) is 0 Å². The maximum Gasteiger partial charge on any atom is 0.0552 e. The summed E-state index contributed by atoms with van der Waals surface area (Å²) in [6, 6.07) is 0. The summed E-state index contributed by atoms with van der Waals surface area (Å²) in [4.78, 5) is 2.47. The lowest BCUT2D eigenvalue weighted by Crippen LogP contribution is -2.25. The smallest absolute Gasteiger partial charge is 0.0552 e. The molecule has 1 aromatic heterocycles. The number of rotatable bonds is 5. The number of nitrogens with zero attached hydrogens (tertiary/aromatic N) is 3. The first-order valence-electron chi connectivity index (χ1n) is 6.53. The van der Waals surface area contributed by atoms with E-state index in [1.54, 1.807) is 0 Å². The fraction of sp³-hybridized carbons (Fsp3) is 0.769. The highest BCUT2D eigenvalue weighted by molar-refractivity contribution is 5.03. The molecule has 17 heavy (non-hydrogen) atoms. The minimum absolute atomic E-state index is 0.154. The molecule has 0 aliphatic carbocycles. The second-order valence-corrected chi connectivity index (χ2v) is 5.22. The summed E-state index contributed by atoms with van der Waals surface area (Å²) in [7, 11) is 1.96. The lowest BCUT2D eigenvalue weighted by atomic mass is 10.0. The third-order valence-electron chi connectivity index (χ3n) is 3.69. The normalized spacial score (nSPS) is 23.1. The number of hydrogen-bond acceptors (Lipinski definition) is 3. The topological polar surface area (TPSA) is 41.3 Å². The molecule has 0 saturated carbocycles. The molecule has 2 rings (SSSR count). The van der Waals surface area contributed by atoms with Crippen molar-refractivity contribution in [1.29, 1.82) is 0 Å². The van der Waals surface area contributed by atoms with Crippen LogP contribution >= 0.6 is 0 Å². The molecule has 0 radical (unpaired) electrons. The number of hydrogen-bond donors (Lipinski definition) is 1. The van der Waals surface area contributed by atoms with Gasteiger partial charge in [0.1, 0.15) is 0 Å². The third kappa shape index (κ3) is 3.54. The Labute approximate surface area is 103 Å². The van der Waals surface area contributed by atoms with E-state index in [4.69, 9.17) is 0 Å². The van der Waals surface area contributed by atoms with E-state index >= 15 is 0 Å². The van der Waals surface area contributed by atoms with Crippen LogP contribution in [0.1, 0.15) is 25.3 Å². The van der Waals surface area contributed by atoms with Gasteiger partial charge >= 0.3 is 0 Å². The Bertz CT molecular complexity index is 348. The highest BCUT2D eigenvalue weighted by Gasteiger charge is 2.25. The Hall–Kier alpha value is -0.870. The SMILES string of the molecule is CC(O)C1CCN(CCCc2cnn(C)c2)C1. The largest absolute Gasteiger partial charge is 0.393 e. The molecule has 1 aliphatic rings. The molecule has 2 atom stereocenters. The van der Waals surface area contributed by atoms with Gasteiger partial charge in [0.05, 0.1) is 12.3 Å². The molecule has 0 amide bonds. The molecule has 4 heteroatoms. The van der Waals surface area contributed by atoms with Gasteiger partial charge in [-0.05, 0) is 50.8 Å². The lowest BCUT2D eigenvalue weighted by molar-refractivity contribution is 0.127. The summed E-state index contributed by atoms with van der Waals surface area (Å²) >= 11 is 0. The van der Waals surface area contributed by atoms with Crippen molar-refractivity contribution in [2.24, 2.45) is 13.0 Å². The fourth-order valence-electron chi connectivity index (χ4n) is 2.57. The van der Waals surface area contributed by atoms with Gasteiger partial charge in [-0.3, -0.25) is 4.68 Å². The van der Waals surface area contributed by atoms with Crippen LogP contribution in [-0.2, 0) is 13.5 Å². The van der Waals surface area contributed by atoms with E-state index in [-0.39, 0.29) is 6.10 Å². The van der Waals surface area contributed by atoms with Crippen LogP contribution in [0, 0.1) is 5.92 Å². The zero-order valence-corrected chi connectivity index (χ0v) is 10.8. The van der Waals surface area contributed by atoms with Gasteiger partial charge < -0.3 is 10.0 Å². The molecule has 2 heterocycles. The summed E-state index contributed by atoms with van der Waals surface area (Å²) in [6.45, 7) is 5.25. The lowest BCUT2D eigenvalue weighted by Gasteiger charge is -2.16. The summed E-state index contributed by atoms with van der Waals surface area (Å²) in [6.07, 6.45) is 7.30. The van der Waals surface area contributed by atoms with E-state index in [9.17, 15) is 5.11 Å². The van der Waals surface area contributed by atoms with Crippen LogP contribution in [0.2, 0.25) is 0 Å². The molecule has 1 N–H and O–H groups in total. The van der Waals surface area contributed by atoms with Crippen molar-refractivity contribution in [2.75, 3.05) is 19.6 Å². The van der Waals surface area contributed by atoms with Gasteiger partial charge in [0, 0.05) is 19.8 Å². The van der Waals surface area contributed by atoms with E-state index < -0.39 is 0 Å². The minimum Gasteiger partial charge on any atom is -0.393 e. The van der Waals surface area contributed by atoms with Crippen LogP contribution in [-0.4, -0.2) is 45.5 Å². The maximum absolute atomic E-state index is 9.54. The average Bonchev–Trinajstić information content (AvgIpc) is 2.88. The Morgan fingerprint density at radius 2 is 2.41 bits per heavy atom. The van der Waals surface area contributed by atoms with Crippen molar-refractivity contribution < 1.29 is 5.11 Å². The third-order valence-corrected chi connectivity index (χ3v) is 3.69. The summed E-state index contributed by atoms with van der Waals surface area (Å²) in [5.74, 6) is 0.480. The van der Waals surface area contributed by atoms with Crippen LogP contribution in [0.3, 0.4) is 0 Å². The molecular weight excluding hydrogens is 214 g/mol. The number of aliphatic hydroxyl groups excluding tert-OH is 1. The van der Waals surface area contributed by atoms with E-state index in [0.717, 1.165) is 32.5 Å². The molecule has 1 aromatic rings. The standard InChI is InChI=1S/C13H23N3O/c1-11(17)13-5-7-16(10-13)6-3-4-12-8-14-15(2)9-12/h8-9,11,13,17H,3-7,10H2,1-2H3. The maximum atomic E-state index is 9.54. The fourth-order valence-corrected chi connectivity index (χ4v) is 2.57. The first-order valence-corrected chi connectivity index (χ1v) is 6.53. The molecular formula is C13H23N3O. The first kappa shape index (κ1) is 12.6. The summed E-state index contributed by atoms with van der Waals surface area (Å²) in [5.41, 5.74) is 1.32. The Kier molecular flexibility index (Phi) is 4.18. The van der Waals surface area contributed by atoms with Crippen molar-refractivity contribution in [3.05, 3.63) is 18.0 Å². The van der Waals surface area contributed by atoms with E-state index in [1.807, 2.05) is 24.9 Å². The van der Waals surface area contributed by atoms with Crippen molar-refractivity contribution in [2.45, 2.75) is 32.3 Å². The van der Waals surface area contributed by atoms with Crippen molar-refractivity contribution >= 4 is 0 Å². The van der Waals surface area contributed by atoms with Crippen LogP contribution in [0.5, 0.6) is 0 Å². The molecule has 4 nitrogen and oxygen atoms in total. The summed E-state index contributed by atoms with van der Waals surface area (Å²) < 4.78 is 1.86. The van der Waals surface area contributed by atoms with Gasteiger partial charge in [0.2, 0.25) is 0 Å². The number of aryl methyl sites for hydroxylation is 2. The monoisotopic (exact) mass is 237 g/mol. The van der Waals surface area contributed by atoms with Crippen LogP contribution < -0.4 is 0 Å². The van der Waals surface area contributed by atoms with Crippen molar-refractivity contribution in [3.8, 4) is 0 Å². The molecule has 0 aromatic carbocycles. The number of aliphatic hydroxyl groups is 1. The second-order valence-electron chi connectivity index (χ2n) is 5.22. The minimum atomic E-state index is -0.154. The van der Waals surface area contributed by atoms with Crippen LogP contribution in [0.15, 0.2) is 12.4 Å².